The second-order valence-corrected chi connectivity index (χ2v) is 5.30. The topological polar surface area (TPSA) is 39.2 Å². The van der Waals surface area contributed by atoms with E-state index in [9.17, 15) is 4.79 Å². The minimum atomic E-state index is 0.289. The lowest BCUT2D eigenvalue weighted by Gasteiger charge is -2.09. The lowest BCUT2D eigenvalue weighted by Crippen LogP contribution is -2.01. The summed E-state index contributed by atoms with van der Waals surface area (Å²) in [5.41, 5.74) is 1.92. The molecule has 0 N–H and O–H groups in total. The number of carbonyl (C=O) groups excluding carboxylic acids is 1. The van der Waals surface area contributed by atoms with Crippen LogP contribution in [0.15, 0.2) is 34.8 Å². The number of rotatable bonds is 4. The summed E-state index contributed by atoms with van der Waals surface area (Å²) < 4.78 is 6.51. The van der Waals surface area contributed by atoms with E-state index in [2.05, 4.69) is 20.9 Å². The Morgan fingerprint density at radius 3 is 2.84 bits per heavy atom. The highest BCUT2D eigenvalue weighted by Gasteiger charge is 2.07. The first-order chi connectivity index (χ1) is 9.10. The van der Waals surface area contributed by atoms with E-state index in [0.29, 0.717) is 22.8 Å². The van der Waals surface area contributed by atoms with Gasteiger partial charge in [0.05, 0.1) is 0 Å². The fourth-order valence-corrected chi connectivity index (χ4v) is 2.29. The largest absolute Gasteiger partial charge is 0.486 e. The van der Waals surface area contributed by atoms with Crippen LogP contribution in [0.1, 0.15) is 21.7 Å². The van der Waals surface area contributed by atoms with E-state index < -0.39 is 0 Å². The first-order valence-corrected chi connectivity index (χ1v) is 6.77. The average molecular weight is 341 g/mol. The molecule has 0 saturated carbocycles. The maximum atomic E-state index is 10.9. The number of pyridine rings is 1. The molecule has 0 bridgehead atoms. The molecule has 1 heterocycles. The van der Waals surface area contributed by atoms with Crippen molar-refractivity contribution in [2.75, 3.05) is 0 Å². The normalized spacial score (nSPS) is 10.3. The number of aryl methyl sites for hydroxylation is 1. The number of halogens is 2. The van der Waals surface area contributed by atoms with Crippen LogP contribution in [-0.4, -0.2) is 11.3 Å². The molecular weight excluding hydrogens is 330 g/mol. The lowest BCUT2D eigenvalue weighted by atomic mass is 10.2. The zero-order valence-electron chi connectivity index (χ0n) is 10.2. The van der Waals surface area contributed by atoms with Crippen molar-refractivity contribution in [3.63, 3.8) is 0 Å². The van der Waals surface area contributed by atoms with Gasteiger partial charge < -0.3 is 4.74 Å². The van der Waals surface area contributed by atoms with Crippen LogP contribution in [0.5, 0.6) is 5.75 Å². The van der Waals surface area contributed by atoms with Crippen molar-refractivity contribution in [1.82, 2.24) is 4.98 Å². The zero-order chi connectivity index (χ0) is 13.8. The molecule has 1 aromatic heterocycles. The van der Waals surface area contributed by atoms with Gasteiger partial charge in [0.1, 0.15) is 18.1 Å². The van der Waals surface area contributed by atoms with Crippen molar-refractivity contribution in [1.29, 1.82) is 0 Å². The summed E-state index contributed by atoms with van der Waals surface area (Å²) in [6, 6.07) is 9.09. The molecule has 19 heavy (non-hydrogen) atoms. The molecule has 0 fully saturated rings. The summed E-state index contributed by atoms with van der Waals surface area (Å²) in [5, 5.41) is 0.613. The van der Waals surface area contributed by atoms with Gasteiger partial charge in [0.25, 0.3) is 0 Å². The van der Waals surface area contributed by atoms with Gasteiger partial charge in [0.15, 0.2) is 6.29 Å². The molecular formula is C14H11BrClNO2. The first-order valence-electron chi connectivity index (χ1n) is 5.59. The van der Waals surface area contributed by atoms with E-state index in [4.69, 9.17) is 16.3 Å². The van der Waals surface area contributed by atoms with Crippen molar-refractivity contribution in [3.8, 4) is 5.75 Å². The van der Waals surface area contributed by atoms with Gasteiger partial charge in [0.2, 0.25) is 0 Å². The van der Waals surface area contributed by atoms with Crippen LogP contribution in [0.4, 0.5) is 0 Å². The number of aromatic nitrogens is 1. The van der Waals surface area contributed by atoms with Gasteiger partial charge in [-0.15, -0.1) is 0 Å². The molecule has 0 spiro atoms. The van der Waals surface area contributed by atoms with Gasteiger partial charge in [0, 0.05) is 20.8 Å². The van der Waals surface area contributed by atoms with Crippen molar-refractivity contribution in [2.24, 2.45) is 0 Å². The number of hydrogen-bond acceptors (Lipinski definition) is 3. The molecule has 0 saturated heterocycles. The van der Waals surface area contributed by atoms with E-state index in [1.54, 1.807) is 18.2 Å². The molecule has 3 nitrogen and oxygen atoms in total. The van der Waals surface area contributed by atoms with Crippen molar-refractivity contribution >= 4 is 33.8 Å². The second-order valence-electron chi connectivity index (χ2n) is 3.98. The Kier molecular flexibility index (Phi) is 4.56. The molecule has 0 aliphatic rings. The van der Waals surface area contributed by atoms with Crippen molar-refractivity contribution in [2.45, 2.75) is 13.5 Å². The van der Waals surface area contributed by atoms with E-state index in [0.717, 1.165) is 15.7 Å². The third-order valence-corrected chi connectivity index (χ3v) is 3.38. The second kappa shape index (κ2) is 6.17. The zero-order valence-corrected chi connectivity index (χ0v) is 12.5. The summed E-state index contributed by atoms with van der Waals surface area (Å²) in [7, 11) is 0. The van der Waals surface area contributed by atoms with Crippen LogP contribution < -0.4 is 4.74 Å². The van der Waals surface area contributed by atoms with Gasteiger partial charge >= 0.3 is 0 Å². The Bertz CT molecular complexity index is 616. The van der Waals surface area contributed by atoms with Gasteiger partial charge in [-0.1, -0.05) is 33.6 Å². The maximum Gasteiger partial charge on any atom is 0.172 e. The minimum absolute atomic E-state index is 0.289. The molecule has 0 amide bonds. The number of hydrogen-bond donors (Lipinski definition) is 0. The third-order valence-electron chi connectivity index (χ3n) is 2.54. The number of benzene rings is 1. The Balaban J connectivity index is 2.16. The van der Waals surface area contributed by atoms with Crippen LogP contribution >= 0.6 is 27.5 Å². The summed E-state index contributed by atoms with van der Waals surface area (Å²) >= 11 is 9.44. The van der Waals surface area contributed by atoms with Crippen LogP contribution in [0.3, 0.4) is 0 Å². The highest BCUT2D eigenvalue weighted by molar-refractivity contribution is 9.10. The molecule has 1 aromatic carbocycles. The quantitative estimate of drug-likeness (QED) is 0.783. The van der Waals surface area contributed by atoms with Crippen LogP contribution in [-0.2, 0) is 6.61 Å². The molecule has 0 radical (unpaired) electrons. The third kappa shape index (κ3) is 3.55. The molecule has 0 aliphatic heterocycles. The van der Waals surface area contributed by atoms with E-state index >= 15 is 0 Å². The van der Waals surface area contributed by atoms with Gasteiger partial charge in [-0.05, 0) is 31.2 Å². The molecule has 0 unspecified atom stereocenters. The number of nitrogens with zero attached hydrogens (tertiary/aromatic N) is 1. The molecule has 2 rings (SSSR count). The molecule has 2 aromatic rings. The predicted molar refractivity (Wildman–Crippen MR) is 77.8 cm³/mol. The standard InChI is InChI=1S/C14H11BrClNO2/c1-9-2-5-14(13(7-18)17-9)19-8-10-3-4-11(15)6-12(10)16/h2-7H,8H2,1H3. The minimum Gasteiger partial charge on any atom is -0.486 e. The van der Waals surface area contributed by atoms with Crippen molar-refractivity contribution < 1.29 is 9.53 Å². The smallest absolute Gasteiger partial charge is 0.172 e. The van der Waals surface area contributed by atoms with Crippen molar-refractivity contribution in [3.05, 3.63) is 56.8 Å². The van der Waals surface area contributed by atoms with Gasteiger partial charge in [-0.25, -0.2) is 4.98 Å². The lowest BCUT2D eigenvalue weighted by molar-refractivity contribution is 0.111. The molecule has 5 heteroatoms. The number of aldehydes is 1. The molecule has 98 valence electrons. The number of ether oxygens (including phenoxy) is 1. The summed E-state index contributed by atoms with van der Waals surface area (Å²) in [6.45, 7) is 2.11. The van der Waals surface area contributed by atoms with Gasteiger partial charge in [-0.3, -0.25) is 4.79 Å². The Hall–Kier alpha value is -1.39. The van der Waals surface area contributed by atoms with E-state index in [-0.39, 0.29) is 6.61 Å². The Morgan fingerprint density at radius 1 is 1.37 bits per heavy atom. The van der Waals surface area contributed by atoms with Crippen LogP contribution in [0.25, 0.3) is 0 Å². The monoisotopic (exact) mass is 339 g/mol. The molecule has 0 aliphatic carbocycles. The maximum absolute atomic E-state index is 10.9. The fourth-order valence-electron chi connectivity index (χ4n) is 1.56. The Morgan fingerprint density at radius 2 is 2.16 bits per heavy atom. The molecule has 0 atom stereocenters. The van der Waals surface area contributed by atoms with E-state index in [1.165, 1.54) is 0 Å². The van der Waals surface area contributed by atoms with E-state index in [1.807, 2.05) is 19.1 Å². The fraction of sp³-hybridized carbons (Fsp3) is 0.143. The first kappa shape index (κ1) is 14.0. The van der Waals surface area contributed by atoms with Gasteiger partial charge in [-0.2, -0.15) is 0 Å². The average Bonchev–Trinajstić information content (AvgIpc) is 2.39. The summed E-state index contributed by atoms with van der Waals surface area (Å²) in [5.74, 6) is 0.458. The SMILES string of the molecule is Cc1ccc(OCc2ccc(Br)cc2Cl)c(C=O)n1. The summed E-state index contributed by atoms with van der Waals surface area (Å²) in [6.07, 6.45) is 0.686. The summed E-state index contributed by atoms with van der Waals surface area (Å²) in [4.78, 5) is 15.0. The highest BCUT2D eigenvalue weighted by atomic mass is 79.9. The predicted octanol–water partition coefficient (Wildman–Crippen LogP) is 4.20. The Labute approximate surface area is 124 Å². The highest BCUT2D eigenvalue weighted by Crippen LogP contribution is 2.23. The van der Waals surface area contributed by atoms with Crippen LogP contribution in [0, 0.1) is 6.92 Å². The number of carbonyl (C=O) groups is 1. The van der Waals surface area contributed by atoms with Crippen LogP contribution in [0.2, 0.25) is 5.02 Å².